The van der Waals surface area contributed by atoms with Crippen LogP contribution in [0, 0.1) is 11.6 Å². The van der Waals surface area contributed by atoms with Gasteiger partial charge in [-0.1, -0.05) is 6.07 Å². The lowest BCUT2D eigenvalue weighted by molar-refractivity contribution is 0.122. The zero-order valence-electron chi connectivity index (χ0n) is 16.9. The van der Waals surface area contributed by atoms with Gasteiger partial charge in [-0.05, 0) is 42.0 Å². The first-order valence-electron chi connectivity index (χ1n) is 10.3. The third kappa shape index (κ3) is 4.81. The number of ether oxygens (including phenoxy) is 1. The van der Waals surface area contributed by atoms with Gasteiger partial charge in [0, 0.05) is 45.0 Å². The number of halogens is 2. The van der Waals surface area contributed by atoms with Gasteiger partial charge in [0.05, 0.1) is 25.4 Å². The number of rotatable bonds is 4. The van der Waals surface area contributed by atoms with Crippen LogP contribution in [0.25, 0.3) is 0 Å². The molecule has 0 spiro atoms. The molecule has 4 rings (SSSR count). The molecular weight excluding hydrogens is 388 g/mol. The van der Waals surface area contributed by atoms with Crippen LogP contribution in [0.15, 0.2) is 47.5 Å². The summed E-state index contributed by atoms with van der Waals surface area (Å²) in [5, 5.41) is 0. The Hall–Kier alpha value is -2.87. The highest BCUT2D eigenvalue weighted by Crippen LogP contribution is 2.22. The summed E-state index contributed by atoms with van der Waals surface area (Å²) in [6.45, 7) is 6.01. The van der Waals surface area contributed by atoms with Crippen molar-refractivity contribution in [3.05, 3.63) is 59.7 Å². The standard InChI is InChI=1S/C22H27F2N5O/c23-18-2-4-19(5-3-18)27-7-9-29(10-8-27)22(25)26-16-17-1-6-21(20(24)15-17)28-11-13-30-14-12-28/h1-6,15H,7-14,16H2,(H2,25,26). The number of hydrogen-bond acceptors (Lipinski definition) is 4. The molecule has 0 saturated carbocycles. The molecule has 0 unspecified atom stereocenters. The number of benzene rings is 2. The Labute approximate surface area is 175 Å². The Morgan fingerprint density at radius 2 is 1.60 bits per heavy atom. The van der Waals surface area contributed by atoms with Crippen LogP contribution >= 0.6 is 0 Å². The average molecular weight is 415 g/mol. The molecule has 2 fully saturated rings. The zero-order chi connectivity index (χ0) is 20.9. The minimum absolute atomic E-state index is 0.233. The van der Waals surface area contributed by atoms with E-state index >= 15 is 0 Å². The number of hydrogen-bond donors (Lipinski definition) is 1. The van der Waals surface area contributed by atoms with E-state index in [1.807, 2.05) is 21.9 Å². The van der Waals surface area contributed by atoms with Gasteiger partial charge in [-0.15, -0.1) is 0 Å². The van der Waals surface area contributed by atoms with Gasteiger partial charge >= 0.3 is 0 Å². The molecule has 2 aromatic rings. The Morgan fingerprint density at radius 1 is 0.900 bits per heavy atom. The Bertz CT molecular complexity index is 876. The van der Waals surface area contributed by atoms with E-state index in [1.165, 1.54) is 18.2 Å². The van der Waals surface area contributed by atoms with E-state index in [2.05, 4.69) is 9.89 Å². The molecule has 0 radical (unpaired) electrons. The van der Waals surface area contributed by atoms with Crippen LogP contribution in [-0.2, 0) is 11.3 Å². The number of nitrogens with two attached hydrogens (primary N) is 1. The van der Waals surface area contributed by atoms with E-state index in [1.54, 1.807) is 12.1 Å². The molecule has 2 saturated heterocycles. The maximum absolute atomic E-state index is 14.5. The van der Waals surface area contributed by atoms with Gasteiger partial charge in [0.1, 0.15) is 11.6 Å². The molecule has 8 heteroatoms. The van der Waals surface area contributed by atoms with E-state index in [-0.39, 0.29) is 11.6 Å². The summed E-state index contributed by atoms with van der Waals surface area (Å²) >= 11 is 0. The van der Waals surface area contributed by atoms with E-state index in [0.29, 0.717) is 44.5 Å². The predicted molar refractivity (Wildman–Crippen MR) is 115 cm³/mol. The van der Waals surface area contributed by atoms with Crippen LogP contribution < -0.4 is 15.5 Å². The van der Waals surface area contributed by atoms with Crippen molar-refractivity contribution in [2.24, 2.45) is 10.7 Å². The first-order chi connectivity index (χ1) is 14.6. The molecule has 2 heterocycles. The van der Waals surface area contributed by atoms with Gasteiger partial charge in [-0.25, -0.2) is 13.8 Å². The first kappa shape index (κ1) is 20.4. The Kier molecular flexibility index (Phi) is 6.32. The van der Waals surface area contributed by atoms with Gasteiger partial charge < -0.3 is 25.2 Å². The maximum Gasteiger partial charge on any atom is 0.191 e. The first-order valence-corrected chi connectivity index (χ1v) is 10.3. The van der Waals surface area contributed by atoms with Crippen LogP contribution in [0.4, 0.5) is 20.2 Å². The quantitative estimate of drug-likeness (QED) is 0.614. The molecule has 2 N–H and O–H groups in total. The number of morpholine rings is 1. The average Bonchev–Trinajstić information content (AvgIpc) is 2.79. The molecule has 2 aliphatic rings. The van der Waals surface area contributed by atoms with Crippen LogP contribution in [0.2, 0.25) is 0 Å². The smallest absolute Gasteiger partial charge is 0.191 e. The molecular formula is C22H27F2N5O. The summed E-state index contributed by atoms with van der Waals surface area (Å²) in [6, 6.07) is 11.8. The number of guanidine groups is 1. The second-order valence-electron chi connectivity index (χ2n) is 7.51. The van der Waals surface area contributed by atoms with Crippen molar-refractivity contribution in [2.75, 3.05) is 62.3 Å². The lowest BCUT2D eigenvalue weighted by Gasteiger charge is -2.36. The fraction of sp³-hybridized carbons (Fsp3) is 0.409. The third-order valence-corrected chi connectivity index (χ3v) is 5.58. The SMILES string of the molecule is NC(=NCc1ccc(N2CCOCC2)c(F)c1)N1CCN(c2ccc(F)cc2)CC1. The molecule has 2 aromatic carbocycles. The van der Waals surface area contributed by atoms with Gasteiger partial charge in [0.2, 0.25) is 0 Å². The summed E-state index contributed by atoms with van der Waals surface area (Å²) < 4.78 is 33.0. The highest BCUT2D eigenvalue weighted by atomic mass is 19.1. The number of aliphatic imine (C=N–C) groups is 1. The second-order valence-corrected chi connectivity index (χ2v) is 7.51. The third-order valence-electron chi connectivity index (χ3n) is 5.58. The zero-order valence-corrected chi connectivity index (χ0v) is 16.9. The molecule has 0 aliphatic carbocycles. The summed E-state index contributed by atoms with van der Waals surface area (Å²) in [6.07, 6.45) is 0. The van der Waals surface area contributed by atoms with E-state index < -0.39 is 0 Å². The summed E-state index contributed by atoms with van der Waals surface area (Å²) in [7, 11) is 0. The largest absolute Gasteiger partial charge is 0.378 e. The second kappa shape index (κ2) is 9.30. The minimum Gasteiger partial charge on any atom is -0.378 e. The lowest BCUT2D eigenvalue weighted by Crippen LogP contribution is -2.51. The monoisotopic (exact) mass is 415 g/mol. The van der Waals surface area contributed by atoms with Crippen molar-refractivity contribution < 1.29 is 13.5 Å². The number of piperazine rings is 1. The van der Waals surface area contributed by atoms with E-state index in [9.17, 15) is 8.78 Å². The van der Waals surface area contributed by atoms with Crippen molar-refractivity contribution in [3.63, 3.8) is 0 Å². The predicted octanol–water partition coefficient (Wildman–Crippen LogP) is 2.44. The summed E-state index contributed by atoms with van der Waals surface area (Å²) in [4.78, 5) is 10.7. The molecule has 0 aromatic heterocycles. The van der Waals surface area contributed by atoms with Crippen molar-refractivity contribution in [3.8, 4) is 0 Å². The van der Waals surface area contributed by atoms with Crippen molar-refractivity contribution in [2.45, 2.75) is 6.54 Å². The number of nitrogens with zero attached hydrogens (tertiary/aromatic N) is 4. The van der Waals surface area contributed by atoms with E-state index in [0.717, 1.165) is 37.4 Å². The molecule has 160 valence electrons. The topological polar surface area (TPSA) is 57.3 Å². The summed E-state index contributed by atoms with van der Waals surface area (Å²) in [5.41, 5.74) is 8.58. The number of anilines is 2. The normalized spacial score (nSPS) is 18.1. The fourth-order valence-corrected chi connectivity index (χ4v) is 3.83. The summed E-state index contributed by atoms with van der Waals surface area (Å²) in [5.74, 6) is -0.00863. The van der Waals surface area contributed by atoms with E-state index in [4.69, 9.17) is 10.5 Å². The van der Waals surface area contributed by atoms with Gasteiger partial charge in [0.25, 0.3) is 0 Å². The van der Waals surface area contributed by atoms with Crippen molar-refractivity contribution in [1.29, 1.82) is 0 Å². The van der Waals surface area contributed by atoms with Crippen molar-refractivity contribution >= 4 is 17.3 Å². The lowest BCUT2D eigenvalue weighted by atomic mass is 10.1. The Morgan fingerprint density at radius 3 is 2.27 bits per heavy atom. The van der Waals surface area contributed by atoms with Crippen LogP contribution in [0.1, 0.15) is 5.56 Å². The molecule has 0 amide bonds. The maximum atomic E-state index is 14.5. The van der Waals surface area contributed by atoms with Gasteiger partial charge in [-0.3, -0.25) is 0 Å². The van der Waals surface area contributed by atoms with Crippen LogP contribution in [0.5, 0.6) is 0 Å². The molecule has 0 atom stereocenters. The minimum atomic E-state index is -0.240. The van der Waals surface area contributed by atoms with Crippen LogP contribution in [-0.4, -0.2) is 63.3 Å². The Balaban J connectivity index is 1.32. The van der Waals surface area contributed by atoms with Gasteiger partial charge in [-0.2, -0.15) is 0 Å². The molecule has 6 nitrogen and oxygen atoms in total. The van der Waals surface area contributed by atoms with Crippen molar-refractivity contribution in [1.82, 2.24) is 4.90 Å². The van der Waals surface area contributed by atoms with Crippen LogP contribution in [0.3, 0.4) is 0 Å². The molecule has 0 bridgehead atoms. The molecule has 30 heavy (non-hydrogen) atoms. The fourth-order valence-electron chi connectivity index (χ4n) is 3.83. The molecule has 2 aliphatic heterocycles. The highest BCUT2D eigenvalue weighted by molar-refractivity contribution is 5.78. The highest BCUT2D eigenvalue weighted by Gasteiger charge is 2.19. The van der Waals surface area contributed by atoms with Gasteiger partial charge in [0.15, 0.2) is 5.96 Å².